The predicted molar refractivity (Wildman–Crippen MR) is 213 cm³/mol. The van der Waals surface area contributed by atoms with Gasteiger partial charge >= 0.3 is 5.97 Å². The highest BCUT2D eigenvalue weighted by atomic mass is 35.5. The highest BCUT2D eigenvalue weighted by molar-refractivity contribution is 6.53. The van der Waals surface area contributed by atoms with E-state index in [1.165, 1.54) is 5.57 Å². The monoisotopic (exact) mass is 859 g/mol. The van der Waals surface area contributed by atoms with Crippen LogP contribution < -0.4 is 5.32 Å². The van der Waals surface area contributed by atoms with Crippen molar-refractivity contribution in [3.63, 3.8) is 0 Å². The zero-order valence-corrected chi connectivity index (χ0v) is 36.5. The highest BCUT2D eigenvalue weighted by Crippen LogP contribution is 2.76. The Bertz CT molecular complexity index is 1610. The molecule has 330 valence electrons. The zero-order valence-electron chi connectivity index (χ0n) is 35.0. The maximum atomic E-state index is 13.1. The van der Waals surface area contributed by atoms with Gasteiger partial charge in [0, 0.05) is 0 Å². The molecule has 6 fully saturated rings. The molecule has 13 nitrogen and oxygen atoms in total. The fraction of sp³-hybridized carbons (Fsp3) is 0.907. The average Bonchev–Trinajstić information content (AvgIpc) is 3.14. The third-order valence-corrected chi connectivity index (χ3v) is 17.8. The summed E-state index contributed by atoms with van der Waals surface area (Å²) in [5, 5.41) is 66.4. The van der Waals surface area contributed by atoms with Crippen molar-refractivity contribution in [1.29, 1.82) is 0 Å². The second-order valence-electron chi connectivity index (χ2n) is 21.1. The van der Waals surface area contributed by atoms with Crippen LogP contribution in [0.4, 0.5) is 0 Å². The van der Waals surface area contributed by atoms with Gasteiger partial charge < -0.3 is 54.9 Å². The highest BCUT2D eigenvalue weighted by Gasteiger charge is 2.69. The lowest BCUT2D eigenvalue weighted by molar-refractivity contribution is -0.322. The summed E-state index contributed by atoms with van der Waals surface area (Å²) in [7, 11) is 0. The van der Waals surface area contributed by atoms with E-state index in [2.05, 4.69) is 59.9 Å². The average molecular weight is 861 g/mol. The molecule has 0 aromatic carbocycles. The second-order valence-corrected chi connectivity index (χ2v) is 22.2. The first-order chi connectivity index (χ1) is 26.9. The lowest BCUT2D eigenvalue weighted by Gasteiger charge is -2.71. The fourth-order valence-electron chi connectivity index (χ4n) is 13.7. The number of alkyl halides is 2. The number of halogens is 2. The van der Waals surface area contributed by atoms with Crippen LogP contribution in [-0.2, 0) is 28.5 Å². The van der Waals surface area contributed by atoms with Gasteiger partial charge in [0.2, 0.25) is 0 Å². The van der Waals surface area contributed by atoms with Crippen molar-refractivity contribution in [2.75, 3.05) is 13.2 Å². The van der Waals surface area contributed by atoms with Crippen LogP contribution in [0.15, 0.2) is 11.6 Å². The van der Waals surface area contributed by atoms with E-state index in [0.717, 1.165) is 51.4 Å². The van der Waals surface area contributed by atoms with Gasteiger partial charge in [0.15, 0.2) is 17.4 Å². The summed E-state index contributed by atoms with van der Waals surface area (Å²) < 4.78 is 24.2. The van der Waals surface area contributed by atoms with Crippen molar-refractivity contribution >= 4 is 35.1 Å². The molecule has 17 atom stereocenters. The molecule has 0 bridgehead atoms. The largest absolute Gasteiger partial charge is 0.481 e. The molecular weight excluding hydrogens is 793 g/mol. The first-order valence-corrected chi connectivity index (χ1v) is 22.3. The Morgan fingerprint density at radius 1 is 0.862 bits per heavy atom. The number of nitrogens with one attached hydrogen (secondary N) is 1. The fourth-order valence-corrected chi connectivity index (χ4v) is 13.8. The maximum Gasteiger partial charge on any atom is 0.310 e. The summed E-state index contributed by atoms with van der Waals surface area (Å²) in [6, 6.07) is -1.25. The molecule has 15 heteroatoms. The van der Waals surface area contributed by atoms with Gasteiger partial charge in [-0.25, -0.2) is 0 Å². The molecule has 58 heavy (non-hydrogen) atoms. The molecule has 7 rings (SSSR count). The summed E-state index contributed by atoms with van der Waals surface area (Å²) in [6.07, 6.45) is -0.731. The predicted octanol–water partition coefficient (Wildman–Crippen LogP) is 4.45. The summed E-state index contributed by atoms with van der Waals surface area (Å²) in [6.45, 7) is 15.7. The van der Waals surface area contributed by atoms with Crippen LogP contribution in [0.25, 0.3) is 0 Å². The summed E-state index contributed by atoms with van der Waals surface area (Å²) >= 11 is 11.8. The Kier molecular flexibility index (Phi) is 12.1. The smallest absolute Gasteiger partial charge is 0.310 e. The lowest BCUT2D eigenvalue weighted by Crippen LogP contribution is -2.68. The molecule has 7 N–H and O–H groups in total. The Balaban J connectivity index is 1.13. The molecule has 3 unspecified atom stereocenters. The van der Waals surface area contributed by atoms with Gasteiger partial charge in [-0.3, -0.25) is 9.59 Å². The normalized spacial score (nSPS) is 49.7. The molecule has 2 heterocycles. The lowest BCUT2D eigenvalue weighted by atomic mass is 9.33. The Labute approximate surface area is 352 Å². The minimum absolute atomic E-state index is 0.0306. The number of amides is 1. The molecule has 1 amide bonds. The van der Waals surface area contributed by atoms with Crippen LogP contribution in [0.2, 0.25) is 0 Å². The van der Waals surface area contributed by atoms with E-state index in [-0.39, 0.29) is 52.8 Å². The van der Waals surface area contributed by atoms with Crippen molar-refractivity contribution in [3.05, 3.63) is 11.6 Å². The van der Waals surface area contributed by atoms with Crippen molar-refractivity contribution in [2.24, 2.45) is 50.2 Å². The van der Waals surface area contributed by atoms with Crippen LogP contribution >= 0.6 is 23.2 Å². The van der Waals surface area contributed by atoms with E-state index >= 15 is 0 Å². The van der Waals surface area contributed by atoms with Crippen molar-refractivity contribution in [2.45, 2.75) is 179 Å². The SMILES string of the molecule is CC1(C)CC[C@]2(C(=O)O)CC[C@]3(C)C(=CCC4[C@@]5(C)CC[C@H](O[C@@H]6O[C@H](CO[C@@H]7OC[C@H](O)[C@H](O)[C@H]7O)[C@@H](O)[C@H](O)[C@H]6NC(=O)C(Cl)Cl)C(C)(C)C5CC[C@]43C)C2C1. The Hall–Kier alpha value is -1.10. The van der Waals surface area contributed by atoms with E-state index in [1.54, 1.807) is 0 Å². The number of allylic oxidation sites excluding steroid dienone is 2. The molecular formula is C43H67Cl2NO12. The molecule has 0 aromatic rings. The number of fused-ring (bicyclic) bond motifs is 7. The number of hydrogen-bond acceptors (Lipinski definition) is 11. The van der Waals surface area contributed by atoms with Crippen LogP contribution in [0.3, 0.4) is 0 Å². The topological polar surface area (TPSA) is 204 Å². The summed E-state index contributed by atoms with van der Waals surface area (Å²) in [4.78, 5) is 24.4. The van der Waals surface area contributed by atoms with Gasteiger partial charge in [0.05, 0.1) is 24.7 Å². The molecule has 5 aliphatic carbocycles. The van der Waals surface area contributed by atoms with E-state index in [4.69, 9.17) is 42.1 Å². The number of hydrogen-bond donors (Lipinski definition) is 7. The number of carbonyl (C=O) groups is 2. The van der Waals surface area contributed by atoms with Crippen molar-refractivity contribution in [1.82, 2.24) is 5.32 Å². The van der Waals surface area contributed by atoms with Gasteiger partial charge in [-0.05, 0) is 109 Å². The third kappa shape index (κ3) is 7.10. The molecule has 0 aromatic heterocycles. The van der Waals surface area contributed by atoms with E-state index in [1.807, 2.05) is 0 Å². The van der Waals surface area contributed by atoms with Crippen LogP contribution in [0.5, 0.6) is 0 Å². The number of carboxylic acids is 1. The second kappa shape index (κ2) is 15.6. The number of aliphatic hydroxyl groups excluding tert-OH is 5. The molecule has 2 saturated heterocycles. The number of ether oxygens (including phenoxy) is 4. The van der Waals surface area contributed by atoms with E-state index in [0.29, 0.717) is 18.8 Å². The standard InChI is InChI=1S/C43H67Cl2NO12/c1-38(2)14-16-43(37(53)54)17-15-41(6)21(22(43)18-38)8-9-26-40(5)12-11-27(39(3,4)25(40)10-13-42(26,41)7)58-35-28(46-34(52)33(44)45)31(50)30(49)24(57-35)20-56-36-32(51)29(48)23(47)19-55-36/h8,22-33,35-36,47-51H,9-20H2,1-7H3,(H,46,52)(H,53,54)/t22?,23-,24+,25?,26?,27-,28+,29-,30+,31+,32+,35-,36-,40-,41+,42+,43-/m0/s1. The minimum Gasteiger partial charge on any atom is -0.481 e. The summed E-state index contributed by atoms with van der Waals surface area (Å²) in [5.41, 5.74) is 0.174. The number of aliphatic hydroxyl groups is 5. The molecule has 4 saturated carbocycles. The first kappa shape index (κ1) is 44.9. The first-order valence-electron chi connectivity index (χ1n) is 21.4. The van der Waals surface area contributed by atoms with E-state index in [9.17, 15) is 40.2 Å². The van der Waals surface area contributed by atoms with Gasteiger partial charge in [0.25, 0.3) is 5.91 Å². The summed E-state index contributed by atoms with van der Waals surface area (Å²) in [5.74, 6) is -0.793. The van der Waals surface area contributed by atoms with Gasteiger partial charge in [-0.15, -0.1) is 0 Å². The van der Waals surface area contributed by atoms with Crippen molar-refractivity contribution < 1.29 is 59.2 Å². The molecule has 7 aliphatic rings. The van der Waals surface area contributed by atoms with Gasteiger partial charge in [-0.1, -0.05) is 83.3 Å². The number of carbonyl (C=O) groups excluding carboxylic acids is 1. The molecule has 0 spiro atoms. The number of rotatable bonds is 8. The molecule has 2 aliphatic heterocycles. The van der Waals surface area contributed by atoms with Gasteiger partial charge in [-0.2, -0.15) is 0 Å². The Morgan fingerprint density at radius 3 is 2.22 bits per heavy atom. The third-order valence-electron chi connectivity index (χ3n) is 17.4. The van der Waals surface area contributed by atoms with Crippen LogP contribution in [0, 0.1) is 50.2 Å². The quantitative estimate of drug-likeness (QED) is 0.103. The zero-order chi connectivity index (χ0) is 42.5. The van der Waals surface area contributed by atoms with Crippen molar-refractivity contribution in [3.8, 4) is 0 Å². The minimum atomic E-state index is -1.59. The van der Waals surface area contributed by atoms with Crippen LogP contribution in [-0.4, -0.2) is 122 Å². The van der Waals surface area contributed by atoms with E-state index < -0.39 is 82.8 Å². The molecule has 0 radical (unpaired) electrons. The number of carboxylic acid groups (broad SMARTS) is 1. The van der Waals surface area contributed by atoms with Gasteiger partial charge in [0.1, 0.15) is 42.7 Å². The van der Waals surface area contributed by atoms with Crippen LogP contribution in [0.1, 0.15) is 113 Å². The number of aliphatic carboxylic acids is 1. The maximum absolute atomic E-state index is 13.1. The Morgan fingerprint density at radius 2 is 1.55 bits per heavy atom.